The number of methoxy groups -OCH3 is 1. The Labute approximate surface area is 169 Å². The molecule has 3 aromatic rings. The summed E-state index contributed by atoms with van der Waals surface area (Å²) in [5, 5.41) is 2.69. The quantitative estimate of drug-likeness (QED) is 0.487. The van der Waals surface area contributed by atoms with Gasteiger partial charge < -0.3 is 14.8 Å². The fourth-order valence-corrected chi connectivity index (χ4v) is 2.49. The standard InChI is InChI=1S/C21H15F3N2O4/c1-29-17-5-3-2-4-16(17)19(27)26-14-7-9-15(10-8-14)30-20(28)13-6-11-18(25-12-13)21(22,23)24/h2-12H,1H3,(H,26,27). The number of halogens is 3. The number of anilines is 1. The van der Waals surface area contributed by atoms with E-state index in [0.29, 0.717) is 23.1 Å². The van der Waals surface area contributed by atoms with Crippen LogP contribution in [0.2, 0.25) is 0 Å². The zero-order valence-corrected chi connectivity index (χ0v) is 15.6. The van der Waals surface area contributed by atoms with E-state index in [1.165, 1.54) is 31.4 Å². The van der Waals surface area contributed by atoms with E-state index in [-0.39, 0.29) is 17.2 Å². The van der Waals surface area contributed by atoms with Crippen LogP contribution in [-0.2, 0) is 6.18 Å². The minimum absolute atomic E-state index is 0.128. The molecule has 1 amide bonds. The second kappa shape index (κ2) is 8.64. The molecule has 0 atom stereocenters. The lowest BCUT2D eigenvalue weighted by Gasteiger charge is -2.10. The first-order valence-electron chi connectivity index (χ1n) is 8.58. The summed E-state index contributed by atoms with van der Waals surface area (Å²) < 4.78 is 47.9. The van der Waals surface area contributed by atoms with Crippen molar-refractivity contribution in [1.29, 1.82) is 0 Å². The number of para-hydroxylation sites is 1. The number of hydrogen-bond donors (Lipinski definition) is 1. The Morgan fingerprint density at radius 2 is 1.67 bits per heavy atom. The Balaban J connectivity index is 1.64. The van der Waals surface area contributed by atoms with E-state index in [4.69, 9.17) is 9.47 Å². The van der Waals surface area contributed by atoms with Gasteiger partial charge >= 0.3 is 12.1 Å². The minimum Gasteiger partial charge on any atom is -0.496 e. The molecule has 0 unspecified atom stereocenters. The van der Waals surface area contributed by atoms with Gasteiger partial charge in [0, 0.05) is 11.9 Å². The van der Waals surface area contributed by atoms with Crippen molar-refractivity contribution in [3.05, 3.63) is 83.7 Å². The van der Waals surface area contributed by atoms with Crippen LogP contribution in [0.5, 0.6) is 11.5 Å². The van der Waals surface area contributed by atoms with Crippen LogP contribution < -0.4 is 14.8 Å². The molecule has 3 rings (SSSR count). The molecule has 0 aliphatic carbocycles. The number of carbonyl (C=O) groups excluding carboxylic acids is 2. The first-order valence-corrected chi connectivity index (χ1v) is 8.58. The monoisotopic (exact) mass is 416 g/mol. The molecule has 6 nitrogen and oxygen atoms in total. The van der Waals surface area contributed by atoms with E-state index in [0.717, 1.165) is 12.3 Å². The van der Waals surface area contributed by atoms with E-state index >= 15 is 0 Å². The summed E-state index contributed by atoms with van der Waals surface area (Å²) in [4.78, 5) is 27.7. The van der Waals surface area contributed by atoms with Gasteiger partial charge in [-0.3, -0.25) is 9.78 Å². The molecule has 0 saturated heterocycles. The van der Waals surface area contributed by atoms with Gasteiger partial charge in [0.1, 0.15) is 17.2 Å². The van der Waals surface area contributed by atoms with E-state index in [9.17, 15) is 22.8 Å². The summed E-state index contributed by atoms with van der Waals surface area (Å²) in [6.45, 7) is 0. The van der Waals surface area contributed by atoms with Crippen LogP contribution >= 0.6 is 0 Å². The molecule has 0 spiro atoms. The number of alkyl halides is 3. The first kappa shape index (κ1) is 20.8. The Bertz CT molecular complexity index is 1050. The van der Waals surface area contributed by atoms with Crippen LogP contribution in [0.15, 0.2) is 66.9 Å². The average molecular weight is 416 g/mol. The molecule has 0 aliphatic rings. The summed E-state index contributed by atoms with van der Waals surface area (Å²) in [6.07, 6.45) is -3.79. The molecule has 0 radical (unpaired) electrons. The molecule has 9 heteroatoms. The van der Waals surface area contributed by atoms with Crippen molar-refractivity contribution in [2.75, 3.05) is 12.4 Å². The van der Waals surface area contributed by atoms with Crippen molar-refractivity contribution in [3.63, 3.8) is 0 Å². The van der Waals surface area contributed by atoms with Crippen molar-refractivity contribution in [2.24, 2.45) is 0 Å². The smallest absolute Gasteiger partial charge is 0.433 e. The van der Waals surface area contributed by atoms with Gasteiger partial charge in [-0.2, -0.15) is 13.2 Å². The van der Waals surface area contributed by atoms with Crippen LogP contribution in [0.4, 0.5) is 18.9 Å². The number of pyridine rings is 1. The Morgan fingerprint density at radius 3 is 2.27 bits per heavy atom. The number of nitrogens with zero attached hydrogens (tertiary/aromatic N) is 1. The van der Waals surface area contributed by atoms with Gasteiger partial charge in [0.25, 0.3) is 5.91 Å². The van der Waals surface area contributed by atoms with Crippen LogP contribution in [0, 0.1) is 0 Å². The molecule has 1 heterocycles. The SMILES string of the molecule is COc1ccccc1C(=O)Nc1ccc(OC(=O)c2ccc(C(F)(F)F)nc2)cc1. The largest absolute Gasteiger partial charge is 0.496 e. The molecule has 0 bridgehead atoms. The molecular weight excluding hydrogens is 401 g/mol. The number of nitrogens with one attached hydrogen (secondary N) is 1. The van der Waals surface area contributed by atoms with Crippen LogP contribution in [0.3, 0.4) is 0 Å². The summed E-state index contributed by atoms with van der Waals surface area (Å²) in [6, 6.07) is 14.3. The van der Waals surface area contributed by atoms with Crippen molar-refractivity contribution in [1.82, 2.24) is 4.98 Å². The van der Waals surface area contributed by atoms with Gasteiger partial charge in [-0.05, 0) is 48.5 Å². The van der Waals surface area contributed by atoms with E-state index in [1.807, 2.05) is 0 Å². The van der Waals surface area contributed by atoms with Gasteiger partial charge in [0.05, 0.1) is 18.2 Å². The Kier molecular flexibility index (Phi) is 6.01. The van der Waals surface area contributed by atoms with Crippen LogP contribution in [-0.4, -0.2) is 24.0 Å². The van der Waals surface area contributed by atoms with E-state index in [1.54, 1.807) is 24.3 Å². The fourth-order valence-electron chi connectivity index (χ4n) is 2.49. The second-order valence-corrected chi connectivity index (χ2v) is 6.00. The second-order valence-electron chi connectivity index (χ2n) is 6.00. The fraction of sp³-hybridized carbons (Fsp3) is 0.0952. The molecule has 154 valence electrons. The van der Waals surface area contributed by atoms with Crippen LogP contribution in [0.25, 0.3) is 0 Å². The summed E-state index contributed by atoms with van der Waals surface area (Å²) in [7, 11) is 1.46. The number of amides is 1. The van der Waals surface area contributed by atoms with Gasteiger partial charge in [-0.15, -0.1) is 0 Å². The highest BCUT2D eigenvalue weighted by Gasteiger charge is 2.32. The number of carbonyl (C=O) groups is 2. The topological polar surface area (TPSA) is 77.5 Å². The third-order valence-electron chi connectivity index (χ3n) is 3.96. The van der Waals surface area contributed by atoms with Crippen molar-refractivity contribution < 1.29 is 32.2 Å². The number of esters is 1. The molecule has 0 fully saturated rings. The Morgan fingerprint density at radius 1 is 0.967 bits per heavy atom. The highest BCUT2D eigenvalue weighted by atomic mass is 19.4. The predicted octanol–water partition coefficient (Wildman–Crippen LogP) is 4.58. The maximum Gasteiger partial charge on any atom is 0.433 e. The highest BCUT2D eigenvalue weighted by Crippen LogP contribution is 2.27. The lowest BCUT2D eigenvalue weighted by molar-refractivity contribution is -0.141. The number of benzene rings is 2. The van der Waals surface area contributed by atoms with Gasteiger partial charge in [-0.25, -0.2) is 4.79 Å². The summed E-state index contributed by atoms with van der Waals surface area (Å²) in [5.41, 5.74) is -0.432. The van der Waals surface area contributed by atoms with Crippen molar-refractivity contribution in [2.45, 2.75) is 6.18 Å². The average Bonchev–Trinajstić information content (AvgIpc) is 2.74. The zero-order chi connectivity index (χ0) is 21.7. The molecule has 2 aromatic carbocycles. The third kappa shape index (κ3) is 4.93. The molecule has 1 N–H and O–H groups in total. The lowest BCUT2D eigenvalue weighted by atomic mass is 10.2. The van der Waals surface area contributed by atoms with Gasteiger partial charge in [0.15, 0.2) is 0 Å². The van der Waals surface area contributed by atoms with Gasteiger partial charge in [0.2, 0.25) is 0 Å². The highest BCUT2D eigenvalue weighted by molar-refractivity contribution is 6.06. The number of aromatic nitrogens is 1. The maximum atomic E-state index is 12.5. The van der Waals surface area contributed by atoms with Gasteiger partial charge in [-0.1, -0.05) is 12.1 Å². The predicted molar refractivity (Wildman–Crippen MR) is 102 cm³/mol. The summed E-state index contributed by atoms with van der Waals surface area (Å²) >= 11 is 0. The maximum absolute atomic E-state index is 12.5. The minimum atomic E-state index is -4.59. The molecule has 30 heavy (non-hydrogen) atoms. The van der Waals surface area contributed by atoms with E-state index in [2.05, 4.69) is 10.3 Å². The Hall–Kier alpha value is -3.88. The van der Waals surface area contributed by atoms with Crippen molar-refractivity contribution in [3.8, 4) is 11.5 Å². The first-order chi connectivity index (χ1) is 14.3. The molecule has 0 saturated carbocycles. The molecule has 0 aliphatic heterocycles. The molecule has 1 aromatic heterocycles. The third-order valence-corrected chi connectivity index (χ3v) is 3.96. The number of hydrogen-bond acceptors (Lipinski definition) is 5. The summed E-state index contributed by atoms with van der Waals surface area (Å²) in [5.74, 6) is -0.670. The van der Waals surface area contributed by atoms with Crippen molar-refractivity contribution >= 4 is 17.6 Å². The molecular formula is C21H15F3N2O4. The zero-order valence-electron chi connectivity index (χ0n) is 15.6. The van der Waals surface area contributed by atoms with E-state index < -0.39 is 17.8 Å². The number of ether oxygens (including phenoxy) is 2. The normalized spacial score (nSPS) is 10.9. The van der Waals surface area contributed by atoms with Crippen LogP contribution in [0.1, 0.15) is 26.4 Å². The lowest BCUT2D eigenvalue weighted by Crippen LogP contribution is -2.13. The number of rotatable bonds is 5.